The third-order valence-corrected chi connectivity index (χ3v) is 5.52. The quantitative estimate of drug-likeness (QED) is 0.419. The van der Waals surface area contributed by atoms with Crippen molar-refractivity contribution in [1.29, 1.82) is 0 Å². The summed E-state index contributed by atoms with van der Waals surface area (Å²) in [5.74, 6) is -2.04. The SMILES string of the molecule is C=C(CF)CC(O)(CC(C)(C)c1cc(F)ccc1O)C(=O)Nc1ccc2c(c1)COC2=O. The van der Waals surface area contributed by atoms with E-state index >= 15 is 0 Å². The second-order valence-corrected chi connectivity index (χ2v) is 8.72. The van der Waals surface area contributed by atoms with E-state index in [0.717, 1.165) is 12.1 Å². The Bertz CT molecular complexity index is 1080. The minimum atomic E-state index is -2.11. The molecule has 1 aliphatic rings. The molecule has 1 amide bonds. The Hall–Kier alpha value is -3.26. The van der Waals surface area contributed by atoms with Gasteiger partial charge in [-0.3, -0.25) is 4.79 Å². The first-order valence-electron chi connectivity index (χ1n) is 10.0. The fraction of sp³-hybridized carbons (Fsp3) is 0.333. The number of hydrogen-bond acceptors (Lipinski definition) is 5. The van der Waals surface area contributed by atoms with Crippen LogP contribution in [0.25, 0.3) is 0 Å². The maximum absolute atomic E-state index is 13.8. The van der Waals surface area contributed by atoms with E-state index in [-0.39, 0.29) is 36.3 Å². The van der Waals surface area contributed by atoms with Crippen LogP contribution in [0.1, 0.15) is 48.2 Å². The van der Waals surface area contributed by atoms with E-state index in [2.05, 4.69) is 11.9 Å². The van der Waals surface area contributed by atoms with Gasteiger partial charge in [-0.1, -0.05) is 20.4 Å². The molecule has 3 rings (SSSR count). The maximum atomic E-state index is 13.8. The molecule has 8 heteroatoms. The summed E-state index contributed by atoms with van der Waals surface area (Å²) in [7, 11) is 0. The van der Waals surface area contributed by atoms with Gasteiger partial charge in [-0.05, 0) is 53.8 Å². The van der Waals surface area contributed by atoms with E-state index in [9.17, 15) is 28.6 Å². The van der Waals surface area contributed by atoms with Crippen LogP contribution in [0.5, 0.6) is 5.75 Å². The zero-order valence-electron chi connectivity index (χ0n) is 17.9. The number of benzene rings is 2. The van der Waals surface area contributed by atoms with Crippen molar-refractivity contribution in [2.75, 3.05) is 12.0 Å². The summed E-state index contributed by atoms with van der Waals surface area (Å²) in [5, 5.41) is 24.2. The van der Waals surface area contributed by atoms with Crippen LogP contribution >= 0.6 is 0 Å². The molecular formula is C24H25F2NO5. The number of ether oxygens (including phenoxy) is 1. The van der Waals surface area contributed by atoms with Crippen molar-refractivity contribution >= 4 is 17.6 Å². The van der Waals surface area contributed by atoms with Crippen LogP contribution < -0.4 is 5.32 Å². The molecular weight excluding hydrogens is 420 g/mol. The number of carbonyl (C=O) groups excluding carboxylic acids is 2. The number of esters is 1. The third kappa shape index (κ3) is 4.80. The molecule has 0 saturated carbocycles. The summed E-state index contributed by atoms with van der Waals surface area (Å²) >= 11 is 0. The van der Waals surface area contributed by atoms with Gasteiger partial charge in [-0.25, -0.2) is 13.6 Å². The van der Waals surface area contributed by atoms with Crippen molar-refractivity contribution in [3.63, 3.8) is 0 Å². The zero-order chi connectivity index (χ0) is 23.7. The molecule has 2 aromatic carbocycles. The number of rotatable bonds is 8. The first-order valence-corrected chi connectivity index (χ1v) is 10.0. The number of cyclic esters (lactones) is 1. The number of amides is 1. The summed E-state index contributed by atoms with van der Waals surface area (Å²) in [6, 6.07) is 7.99. The average Bonchev–Trinajstić information content (AvgIpc) is 3.09. The first-order chi connectivity index (χ1) is 14.9. The lowest BCUT2D eigenvalue weighted by molar-refractivity contribution is -0.136. The molecule has 0 saturated heterocycles. The molecule has 1 atom stereocenters. The highest BCUT2D eigenvalue weighted by molar-refractivity contribution is 5.99. The zero-order valence-corrected chi connectivity index (χ0v) is 17.9. The molecule has 6 nitrogen and oxygen atoms in total. The van der Waals surface area contributed by atoms with Gasteiger partial charge in [0.15, 0.2) is 0 Å². The number of alkyl halides is 1. The lowest BCUT2D eigenvalue weighted by Crippen LogP contribution is -2.47. The van der Waals surface area contributed by atoms with Crippen molar-refractivity contribution in [2.24, 2.45) is 0 Å². The number of phenolic OH excluding ortho intramolecular Hbond substituents is 1. The fourth-order valence-electron chi connectivity index (χ4n) is 4.02. The third-order valence-electron chi connectivity index (χ3n) is 5.52. The Labute approximate surface area is 184 Å². The Morgan fingerprint density at radius 1 is 1.25 bits per heavy atom. The number of aromatic hydroxyl groups is 1. The van der Waals surface area contributed by atoms with Crippen molar-refractivity contribution in [1.82, 2.24) is 0 Å². The Morgan fingerprint density at radius 2 is 1.97 bits per heavy atom. The van der Waals surface area contributed by atoms with Crippen molar-refractivity contribution in [3.8, 4) is 5.75 Å². The Kier molecular flexibility index (Phi) is 6.37. The number of anilines is 1. The smallest absolute Gasteiger partial charge is 0.338 e. The van der Waals surface area contributed by atoms with Gasteiger partial charge in [0, 0.05) is 23.2 Å². The number of fused-ring (bicyclic) bond motifs is 1. The number of hydrogen-bond donors (Lipinski definition) is 3. The van der Waals surface area contributed by atoms with Crippen molar-refractivity contribution in [3.05, 3.63) is 71.1 Å². The molecule has 2 aromatic rings. The topological polar surface area (TPSA) is 95.9 Å². The van der Waals surface area contributed by atoms with Gasteiger partial charge in [-0.15, -0.1) is 0 Å². The van der Waals surface area contributed by atoms with Gasteiger partial charge in [0.25, 0.3) is 5.91 Å². The maximum Gasteiger partial charge on any atom is 0.338 e. The minimum Gasteiger partial charge on any atom is -0.508 e. The van der Waals surface area contributed by atoms with Gasteiger partial charge in [-0.2, -0.15) is 0 Å². The average molecular weight is 445 g/mol. The molecule has 0 aliphatic carbocycles. The summed E-state index contributed by atoms with van der Waals surface area (Å²) in [6.07, 6.45) is -0.629. The van der Waals surface area contributed by atoms with Crippen LogP contribution in [0.2, 0.25) is 0 Å². The molecule has 3 N–H and O–H groups in total. The molecule has 1 heterocycles. The summed E-state index contributed by atoms with van der Waals surface area (Å²) < 4.78 is 31.9. The highest BCUT2D eigenvalue weighted by atomic mass is 19.1. The van der Waals surface area contributed by atoms with Crippen LogP contribution in [-0.2, 0) is 21.6 Å². The Balaban J connectivity index is 1.90. The number of phenols is 1. The van der Waals surface area contributed by atoms with Crippen LogP contribution in [-0.4, -0.2) is 34.4 Å². The number of halogens is 2. The van der Waals surface area contributed by atoms with E-state index in [1.807, 2.05) is 0 Å². The van der Waals surface area contributed by atoms with Gasteiger partial charge < -0.3 is 20.3 Å². The summed E-state index contributed by atoms with van der Waals surface area (Å²) in [5.41, 5.74) is -1.66. The summed E-state index contributed by atoms with van der Waals surface area (Å²) in [6.45, 7) is 5.97. The largest absolute Gasteiger partial charge is 0.508 e. The van der Waals surface area contributed by atoms with Gasteiger partial charge in [0.2, 0.25) is 0 Å². The van der Waals surface area contributed by atoms with Crippen LogP contribution in [0, 0.1) is 5.82 Å². The summed E-state index contributed by atoms with van der Waals surface area (Å²) in [4.78, 5) is 24.8. The predicted octanol–water partition coefficient (Wildman–Crippen LogP) is 4.16. The number of aliphatic hydroxyl groups is 1. The highest BCUT2D eigenvalue weighted by Crippen LogP contribution is 2.40. The molecule has 32 heavy (non-hydrogen) atoms. The van der Waals surface area contributed by atoms with E-state index in [1.165, 1.54) is 18.2 Å². The van der Waals surface area contributed by atoms with Crippen molar-refractivity contribution in [2.45, 2.75) is 44.3 Å². The van der Waals surface area contributed by atoms with Crippen LogP contribution in [0.15, 0.2) is 48.6 Å². The standard InChI is InChI=1S/C24H25F2NO5/c1-14(11-25)10-24(31,13-23(2,3)19-9-16(26)4-7-20(19)28)22(30)27-17-5-6-18-15(8-17)12-32-21(18)29/h4-9,28,31H,1,10-13H2,2-3H3,(H,27,30). The Morgan fingerprint density at radius 3 is 2.66 bits per heavy atom. The lowest BCUT2D eigenvalue weighted by atomic mass is 9.72. The fourth-order valence-corrected chi connectivity index (χ4v) is 4.02. The molecule has 170 valence electrons. The molecule has 1 unspecified atom stereocenters. The highest BCUT2D eigenvalue weighted by Gasteiger charge is 2.43. The lowest BCUT2D eigenvalue weighted by Gasteiger charge is -2.36. The molecule has 0 radical (unpaired) electrons. The molecule has 0 fully saturated rings. The van der Waals surface area contributed by atoms with E-state index < -0.39 is 35.4 Å². The van der Waals surface area contributed by atoms with Crippen molar-refractivity contribution < 1.29 is 33.3 Å². The molecule has 1 aliphatic heterocycles. The molecule has 0 bridgehead atoms. The normalized spacial score (nSPS) is 15.0. The molecule has 0 spiro atoms. The van der Waals surface area contributed by atoms with Gasteiger partial charge >= 0.3 is 5.97 Å². The van der Waals surface area contributed by atoms with Crippen LogP contribution in [0.3, 0.4) is 0 Å². The van der Waals surface area contributed by atoms with E-state index in [1.54, 1.807) is 19.9 Å². The predicted molar refractivity (Wildman–Crippen MR) is 115 cm³/mol. The monoisotopic (exact) mass is 445 g/mol. The van der Waals surface area contributed by atoms with E-state index in [0.29, 0.717) is 16.8 Å². The number of carbonyl (C=O) groups is 2. The minimum absolute atomic E-state index is 0.00913. The first kappa shape index (κ1) is 23.4. The second-order valence-electron chi connectivity index (χ2n) is 8.72. The van der Waals surface area contributed by atoms with Gasteiger partial charge in [0.05, 0.1) is 5.56 Å². The van der Waals surface area contributed by atoms with Gasteiger partial charge in [0.1, 0.15) is 30.4 Å². The second kappa shape index (κ2) is 8.70. The van der Waals surface area contributed by atoms with Crippen LogP contribution in [0.4, 0.5) is 14.5 Å². The molecule has 0 aromatic heterocycles. The van der Waals surface area contributed by atoms with E-state index in [4.69, 9.17) is 4.74 Å². The number of nitrogens with one attached hydrogen (secondary N) is 1.